The molecule has 2 aromatic heterocycles. The Bertz CT molecular complexity index is 4010. The molecule has 11 N–H and O–H groups in total. The van der Waals surface area contributed by atoms with E-state index in [1.165, 1.54) is 0 Å². The van der Waals surface area contributed by atoms with Gasteiger partial charge in [-0.3, -0.25) is 22.8 Å². The minimum atomic E-state index is -5.50. The first kappa shape index (κ1) is 54.1. The number of fused-ring (bicyclic) bond motifs is 2. The van der Waals surface area contributed by atoms with Gasteiger partial charge >= 0.3 is 0 Å². The molecule has 0 unspecified atom stereocenters. The van der Waals surface area contributed by atoms with E-state index < -0.39 is 137 Å². The van der Waals surface area contributed by atoms with Crippen molar-refractivity contribution in [2.75, 3.05) is 47.6 Å². The largest absolute Gasteiger partial charge is 0.505 e. The van der Waals surface area contributed by atoms with Gasteiger partial charge < -0.3 is 36.2 Å². The number of nitrogens with zero attached hydrogens (tertiary/aromatic N) is 8. The Morgan fingerprint density at radius 1 is 0.562 bits per heavy atom. The highest BCUT2D eigenvalue weighted by atomic mass is 35.5. The van der Waals surface area contributed by atoms with Crippen LogP contribution in [0.25, 0.3) is 21.5 Å². The van der Waals surface area contributed by atoms with Crippen LogP contribution in [-0.4, -0.2) is 131 Å². The first-order chi connectivity index (χ1) is 34.0. The number of aromatic nitrogens is 6. The third-order valence-electron chi connectivity index (χ3n) is 9.43. The van der Waals surface area contributed by atoms with Gasteiger partial charge in [-0.15, -0.1) is 10.2 Å². The molecule has 0 fully saturated rings. The van der Waals surface area contributed by atoms with Crippen LogP contribution in [0, 0.1) is 0 Å². The topological polar surface area (TPSA) is 472 Å². The summed E-state index contributed by atoms with van der Waals surface area (Å²) in [5, 5.41) is 35.5. The van der Waals surface area contributed by atoms with Crippen molar-refractivity contribution in [3.05, 3.63) is 77.3 Å². The molecule has 0 amide bonds. The molecule has 5 aromatic carbocycles. The number of nitrogens with one attached hydrogen (secondary N) is 4. The summed E-state index contributed by atoms with van der Waals surface area (Å²) in [7, 11) is -26.0. The van der Waals surface area contributed by atoms with Crippen LogP contribution in [0.4, 0.5) is 52.2 Å². The van der Waals surface area contributed by atoms with E-state index in [9.17, 15) is 70.0 Å². The Labute approximate surface area is 420 Å². The van der Waals surface area contributed by atoms with Gasteiger partial charge in [0.2, 0.25) is 34.4 Å². The van der Waals surface area contributed by atoms with Crippen LogP contribution in [0.3, 0.4) is 0 Å². The molecule has 37 heteroatoms. The molecule has 0 atom stereocenters. The minimum absolute atomic E-state index is 0.0331. The van der Waals surface area contributed by atoms with Gasteiger partial charge in [-0.05, 0) is 77.1 Å². The smallest absolute Gasteiger partial charge is 0.297 e. The predicted octanol–water partition coefficient (Wildman–Crippen LogP) is 4.68. The van der Waals surface area contributed by atoms with E-state index in [1.54, 1.807) is 0 Å². The summed E-state index contributed by atoms with van der Waals surface area (Å²) in [6, 6.07) is 9.77. The molecule has 0 spiro atoms. The van der Waals surface area contributed by atoms with E-state index in [4.69, 9.17) is 33.0 Å². The van der Waals surface area contributed by atoms with Crippen molar-refractivity contribution in [2.45, 2.75) is 24.5 Å². The van der Waals surface area contributed by atoms with Crippen molar-refractivity contribution in [3.63, 3.8) is 0 Å². The van der Waals surface area contributed by atoms with E-state index in [0.29, 0.717) is 18.2 Å². The van der Waals surface area contributed by atoms with Gasteiger partial charge in [0, 0.05) is 28.4 Å². The summed E-state index contributed by atoms with van der Waals surface area (Å²) in [6.07, 6.45) is 0. The highest BCUT2D eigenvalue weighted by Crippen LogP contribution is 2.46. The van der Waals surface area contributed by atoms with Gasteiger partial charge in [0.05, 0.1) is 36.1 Å². The van der Waals surface area contributed by atoms with E-state index in [1.807, 2.05) is 0 Å². The first-order valence-electron chi connectivity index (χ1n) is 19.4. The van der Waals surface area contributed by atoms with Crippen molar-refractivity contribution in [3.8, 4) is 5.75 Å². The zero-order valence-electron chi connectivity index (χ0n) is 35.7. The summed E-state index contributed by atoms with van der Waals surface area (Å²) in [5.41, 5.74) is -2.94. The Hall–Kier alpha value is -6.71. The lowest BCUT2D eigenvalue weighted by Crippen LogP contribution is -2.14. The van der Waals surface area contributed by atoms with Crippen LogP contribution in [0.2, 0.25) is 10.6 Å². The second-order valence-electron chi connectivity index (χ2n) is 14.3. The van der Waals surface area contributed by atoms with Gasteiger partial charge in [0.1, 0.15) is 31.0 Å². The fourth-order valence-electron chi connectivity index (χ4n) is 6.62. The standard InChI is InChI=1S/C36H30Cl2N12O18S5/c37-31-43-33(39-8-10-68-11-9-51)47-35(45-31)41-22-14-17(4-7-25(22)71(59,60)61)40-34-44-32(38)46-36(48-34)42-23-15-18(69(53,54)55)12-16-13-26(72(62,63)64)28(29(52)27(16)23)50-49-21-6-5-19-20(30(21)73(65,66)67)2-1-3-24(19)70(56,57)58/h1-7,12-15,51-52H,8-11H2,(H,53,54,55)(H,56,57,58)(H,59,60,61)(H,62,63,64)(H,65,66,67)(H2,39,41,43,45,47)(H2,40,42,44,46,48). The Morgan fingerprint density at radius 2 is 1.16 bits per heavy atom. The van der Waals surface area contributed by atoms with Crippen molar-refractivity contribution < 1.29 is 79.8 Å². The first-order valence-corrected chi connectivity index (χ1v) is 27.4. The molecule has 73 heavy (non-hydrogen) atoms. The molecule has 7 aromatic rings. The highest BCUT2D eigenvalue weighted by molar-refractivity contribution is 7.87. The third kappa shape index (κ3) is 12.7. The Balaban J connectivity index is 1.30. The maximum Gasteiger partial charge on any atom is 0.297 e. The van der Waals surface area contributed by atoms with Gasteiger partial charge in [-0.25, -0.2) is 0 Å². The summed E-state index contributed by atoms with van der Waals surface area (Å²) >= 11 is 12.3. The van der Waals surface area contributed by atoms with Crippen LogP contribution < -0.4 is 21.3 Å². The number of azo groups is 1. The van der Waals surface area contributed by atoms with Gasteiger partial charge in [-0.1, -0.05) is 18.2 Å². The molecule has 0 aliphatic carbocycles. The SMILES string of the molecule is O=S(=O)(O)c1cc(Nc2nc(Cl)nc(Nc3ccc(S(=O)(=O)O)c(Nc4nc(Cl)nc(NCCOCCO)n4)c3)n2)c2c(O)c(N=Nc3ccc4c(S(=O)(=O)O)cccc4c3S(=O)(=O)O)c(S(=O)(=O)O)cc2c1. The molecule has 0 aliphatic heterocycles. The maximum atomic E-state index is 12.8. The van der Waals surface area contributed by atoms with Crippen LogP contribution in [0.1, 0.15) is 0 Å². The van der Waals surface area contributed by atoms with Gasteiger partial charge in [0.15, 0.2) is 5.75 Å². The average molecular weight is 1150 g/mol. The predicted molar refractivity (Wildman–Crippen MR) is 255 cm³/mol. The summed E-state index contributed by atoms with van der Waals surface area (Å²) in [5.74, 6) is -2.68. The fraction of sp³-hybridized carbons (Fsp3) is 0.111. The number of benzene rings is 5. The van der Waals surface area contributed by atoms with Crippen LogP contribution >= 0.6 is 23.2 Å². The van der Waals surface area contributed by atoms with Crippen LogP contribution in [0.15, 0.2) is 101 Å². The minimum Gasteiger partial charge on any atom is -0.505 e. The number of rotatable bonds is 19. The van der Waals surface area contributed by atoms with Crippen molar-refractivity contribution in [1.82, 2.24) is 29.9 Å². The zero-order chi connectivity index (χ0) is 53.4. The molecular weight excluding hydrogens is 1120 g/mol. The quantitative estimate of drug-likeness (QED) is 0.0297. The number of aliphatic hydroxyl groups excluding tert-OH is 1. The molecule has 0 bridgehead atoms. The second-order valence-corrected chi connectivity index (χ2v) is 22.0. The lowest BCUT2D eigenvalue weighted by molar-refractivity contribution is 0.0991. The van der Waals surface area contributed by atoms with E-state index in [2.05, 4.69) is 61.4 Å². The van der Waals surface area contributed by atoms with Crippen molar-refractivity contribution >= 4 is 148 Å². The van der Waals surface area contributed by atoms with Gasteiger partial charge in [-0.2, -0.15) is 72.0 Å². The number of ether oxygens (including phenoxy) is 1. The number of phenolic OH excluding ortho intramolecular Hbond substituents is 1. The van der Waals surface area contributed by atoms with Gasteiger partial charge in [0.25, 0.3) is 50.6 Å². The molecule has 0 saturated heterocycles. The van der Waals surface area contributed by atoms with E-state index in [-0.39, 0.29) is 54.9 Å². The van der Waals surface area contributed by atoms with Crippen LogP contribution in [-0.2, 0) is 55.3 Å². The molecule has 2 heterocycles. The normalized spacial score (nSPS) is 12.7. The Morgan fingerprint density at radius 3 is 1.77 bits per heavy atom. The Kier molecular flexibility index (Phi) is 15.3. The highest BCUT2D eigenvalue weighted by Gasteiger charge is 2.28. The monoisotopic (exact) mass is 1150 g/mol. The fourth-order valence-corrected chi connectivity index (χ4v) is 10.3. The lowest BCUT2D eigenvalue weighted by Gasteiger charge is -2.16. The lowest BCUT2D eigenvalue weighted by atomic mass is 10.1. The second kappa shape index (κ2) is 20.7. The molecule has 7 rings (SSSR count). The summed E-state index contributed by atoms with van der Waals surface area (Å²) < 4.78 is 180. The number of hydrogen-bond acceptors (Lipinski definition) is 25. The zero-order valence-corrected chi connectivity index (χ0v) is 41.3. The summed E-state index contributed by atoms with van der Waals surface area (Å²) in [6.45, 7) is 0.123. The summed E-state index contributed by atoms with van der Waals surface area (Å²) in [4.78, 5) is 19.1. The maximum absolute atomic E-state index is 12.8. The van der Waals surface area contributed by atoms with Crippen molar-refractivity contribution in [1.29, 1.82) is 0 Å². The number of aliphatic hydroxyl groups is 1. The van der Waals surface area contributed by atoms with Crippen molar-refractivity contribution in [2.24, 2.45) is 10.2 Å². The molecule has 0 aliphatic rings. The molecule has 30 nitrogen and oxygen atoms in total. The number of halogens is 2. The third-order valence-corrected chi connectivity index (χ3v) is 14.2. The molecule has 0 radical (unpaired) electrons. The molecule has 0 saturated carbocycles. The number of phenols is 1. The average Bonchev–Trinajstić information content (AvgIpc) is 3.26. The van der Waals surface area contributed by atoms with Crippen LogP contribution in [0.5, 0.6) is 5.75 Å². The number of anilines is 7. The molecule has 386 valence electrons. The number of hydrogen-bond donors (Lipinski definition) is 11. The van der Waals surface area contributed by atoms with E-state index in [0.717, 1.165) is 48.5 Å². The molecular formula is C36H30Cl2N12O18S5. The van der Waals surface area contributed by atoms with E-state index >= 15 is 0 Å². The number of aromatic hydroxyl groups is 1.